The SMILES string of the molecule is O=C(c1ccco1)N1C[C@H](c2cccc(F)c2F)[C@@H]2[C@H]1C1CCN2CC1. The smallest absolute Gasteiger partial charge is 0.289 e. The largest absolute Gasteiger partial charge is 0.459 e. The van der Waals surface area contributed by atoms with Gasteiger partial charge >= 0.3 is 0 Å². The molecule has 0 radical (unpaired) electrons. The predicted octanol–water partition coefficient (Wildman–Crippen LogP) is 3.26. The Hall–Kier alpha value is -2.21. The van der Waals surface area contributed by atoms with E-state index in [1.807, 2.05) is 4.90 Å². The van der Waals surface area contributed by atoms with Gasteiger partial charge in [0.25, 0.3) is 5.91 Å². The van der Waals surface area contributed by atoms with Gasteiger partial charge in [0.15, 0.2) is 17.4 Å². The first kappa shape index (κ1) is 16.0. The predicted molar refractivity (Wildman–Crippen MR) is 90.7 cm³/mol. The minimum Gasteiger partial charge on any atom is -0.459 e. The lowest BCUT2D eigenvalue weighted by Gasteiger charge is -2.51. The van der Waals surface area contributed by atoms with Crippen LogP contribution < -0.4 is 0 Å². The molecule has 4 fully saturated rings. The fourth-order valence-electron chi connectivity index (χ4n) is 5.28. The quantitative estimate of drug-likeness (QED) is 0.827. The van der Waals surface area contributed by atoms with Crippen LogP contribution in [-0.2, 0) is 0 Å². The number of nitrogens with zero attached hydrogens (tertiary/aromatic N) is 2. The third kappa shape index (κ3) is 2.24. The molecule has 0 saturated carbocycles. The molecule has 0 unspecified atom stereocenters. The molecule has 6 heteroatoms. The summed E-state index contributed by atoms with van der Waals surface area (Å²) in [5.74, 6) is -1.28. The fraction of sp³-hybridized carbons (Fsp3) is 0.450. The summed E-state index contributed by atoms with van der Waals surface area (Å²) >= 11 is 0. The zero-order valence-corrected chi connectivity index (χ0v) is 14.3. The highest BCUT2D eigenvalue weighted by Gasteiger charge is 2.55. The number of hydrogen-bond donors (Lipinski definition) is 0. The molecule has 4 saturated heterocycles. The monoisotopic (exact) mass is 358 g/mol. The van der Waals surface area contributed by atoms with Crippen LogP contribution in [0.1, 0.15) is 34.9 Å². The third-order valence-corrected chi connectivity index (χ3v) is 6.37. The molecule has 136 valence electrons. The Bertz CT molecular complexity index is 830. The van der Waals surface area contributed by atoms with Crippen LogP contribution in [0.3, 0.4) is 0 Å². The maximum Gasteiger partial charge on any atom is 0.289 e. The molecule has 1 amide bonds. The summed E-state index contributed by atoms with van der Waals surface area (Å²) in [5, 5.41) is 0. The Morgan fingerprint density at radius 1 is 1.08 bits per heavy atom. The van der Waals surface area contributed by atoms with Gasteiger partial charge in [0.1, 0.15) is 0 Å². The van der Waals surface area contributed by atoms with Crippen LogP contribution in [0.4, 0.5) is 8.78 Å². The minimum atomic E-state index is -0.828. The van der Waals surface area contributed by atoms with Gasteiger partial charge < -0.3 is 9.32 Å². The number of rotatable bonds is 2. The van der Waals surface area contributed by atoms with Crippen molar-refractivity contribution in [2.45, 2.75) is 30.8 Å². The first-order chi connectivity index (χ1) is 12.6. The van der Waals surface area contributed by atoms with Gasteiger partial charge in [-0.2, -0.15) is 0 Å². The molecule has 26 heavy (non-hydrogen) atoms. The highest BCUT2D eigenvalue weighted by Crippen LogP contribution is 2.47. The molecule has 2 aromatic rings. The average Bonchev–Trinajstić information content (AvgIpc) is 3.33. The molecule has 0 N–H and O–H groups in total. The van der Waals surface area contributed by atoms with E-state index in [4.69, 9.17) is 4.42 Å². The molecule has 4 aliphatic rings. The molecular weight excluding hydrogens is 338 g/mol. The Balaban J connectivity index is 1.57. The lowest BCUT2D eigenvalue weighted by Crippen LogP contribution is -2.60. The number of fused-ring (bicyclic) bond motifs is 2. The van der Waals surface area contributed by atoms with Gasteiger partial charge in [-0.1, -0.05) is 12.1 Å². The molecule has 6 rings (SSSR count). The molecule has 1 aromatic carbocycles. The van der Waals surface area contributed by atoms with Crippen LogP contribution in [0.5, 0.6) is 0 Å². The number of carbonyl (C=O) groups excluding carboxylic acids is 1. The van der Waals surface area contributed by atoms with Crippen LogP contribution in [0.15, 0.2) is 41.0 Å². The van der Waals surface area contributed by atoms with Crippen molar-refractivity contribution in [1.82, 2.24) is 9.80 Å². The van der Waals surface area contributed by atoms with E-state index in [1.54, 1.807) is 24.3 Å². The summed E-state index contributed by atoms with van der Waals surface area (Å²) in [6.07, 6.45) is 3.57. The van der Waals surface area contributed by atoms with Crippen LogP contribution in [-0.4, -0.2) is 47.4 Å². The summed E-state index contributed by atoms with van der Waals surface area (Å²) in [4.78, 5) is 17.2. The Morgan fingerprint density at radius 2 is 1.88 bits per heavy atom. The third-order valence-electron chi connectivity index (χ3n) is 6.37. The van der Waals surface area contributed by atoms with Crippen molar-refractivity contribution in [2.24, 2.45) is 5.92 Å². The Labute approximate surface area is 150 Å². The number of piperidine rings is 3. The van der Waals surface area contributed by atoms with Gasteiger partial charge in [-0.3, -0.25) is 9.69 Å². The van der Waals surface area contributed by atoms with E-state index in [0.29, 0.717) is 23.8 Å². The van der Waals surface area contributed by atoms with Crippen LogP contribution in [0.2, 0.25) is 0 Å². The van der Waals surface area contributed by atoms with Crippen LogP contribution in [0.25, 0.3) is 0 Å². The first-order valence-corrected chi connectivity index (χ1v) is 9.17. The summed E-state index contributed by atoms with van der Waals surface area (Å²) in [5.41, 5.74) is 0.377. The zero-order chi connectivity index (χ0) is 17.8. The van der Waals surface area contributed by atoms with Gasteiger partial charge in [-0.15, -0.1) is 0 Å². The van der Waals surface area contributed by atoms with Crippen molar-refractivity contribution in [3.63, 3.8) is 0 Å². The maximum absolute atomic E-state index is 14.5. The second-order valence-corrected chi connectivity index (χ2v) is 7.54. The molecule has 0 aliphatic carbocycles. The van der Waals surface area contributed by atoms with Gasteiger partial charge in [-0.25, -0.2) is 8.78 Å². The topological polar surface area (TPSA) is 36.7 Å². The maximum atomic E-state index is 14.5. The molecule has 3 atom stereocenters. The number of furan rings is 1. The van der Waals surface area contributed by atoms with Crippen molar-refractivity contribution < 1.29 is 18.0 Å². The molecular formula is C20H20F2N2O2. The van der Waals surface area contributed by atoms with Crippen LogP contribution >= 0.6 is 0 Å². The fourth-order valence-corrected chi connectivity index (χ4v) is 5.28. The lowest BCUT2D eigenvalue weighted by molar-refractivity contribution is -0.00446. The van der Waals surface area contributed by atoms with E-state index in [1.165, 1.54) is 6.26 Å². The lowest BCUT2D eigenvalue weighted by atomic mass is 9.75. The standard InChI is InChI=1S/C20H20F2N2O2/c21-15-4-1-3-13(17(15)22)14-11-24(20(25)16-5-2-10-26-16)18-12-6-8-23(9-7-12)19(14)18/h1-5,10,12,14,18-19H,6-9,11H2/t14-,18-,19-/m1/s1. The highest BCUT2D eigenvalue weighted by atomic mass is 19.2. The zero-order valence-electron chi connectivity index (χ0n) is 14.3. The summed E-state index contributed by atoms with van der Waals surface area (Å²) in [7, 11) is 0. The van der Waals surface area contributed by atoms with E-state index >= 15 is 0 Å². The number of halogens is 2. The second-order valence-electron chi connectivity index (χ2n) is 7.54. The van der Waals surface area contributed by atoms with Gasteiger partial charge in [-0.05, 0) is 55.6 Å². The van der Waals surface area contributed by atoms with E-state index < -0.39 is 11.6 Å². The number of amides is 1. The molecule has 4 aliphatic heterocycles. The minimum absolute atomic E-state index is 0.0303. The summed E-state index contributed by atoms with van der Waals surface area (Å²) in [6, 6.07) is 7.78. The number of benzene rings is 1. The number of carbonyl (C=O) groups is 1. The molecule has 2 bridgehead atoms. The van der Waals surface area contributed by atoms with E-state index in [0.717, 1.165) is 32.0 Å². The van der Waals surface area contributed by atoms with Gasteiger partial charge in [0, 0.05) is 18.5 Å². The van der Waals surface area contributed by atoms with Crippen molar-refractivity contribution in [2.75, 3.05) is 19.6 Å². The molecule has 5 heterocycles. The molecule has 0 spiro atoms. The molecule has 1 aromatic heterocycles. The average molecular weight is 358 g/mol. The summed E-state index contributed by atoms with van der Waals surface area (Å²) < 4.78 is 33.7. The van der Waals surface area contributed by atoms with Crippen molar-refractivity contribution in [3.05, 3.63) is 59.6 Å². The Kier molecular flexibility index (Phi) is 3.64. The first-order valence-electron chi connectivity index (χ1n) is 9.17. The second kappa shape index (κ2) is 5.91. The van der Waals surface area contributed by atoms with Crippen molar-refractivity contribution in [1.29, 1.82) is 0 Å². The van der Waals surface area contributed by atoms with Crippen molar-refractivity contribution >= 4 is 5.91 Å². The molecule has 4 nitrogen and oxygen atoms in total. The van der Waals surface area contributed by atoms with Crippen LogP contribution in [0, 0.1) is 17.6 Å². The van der Waals surface area contributed by atoms with Crippen molar-refractivity contribution in [3.8, 4) is 0 Å². The number of hydrogen-bond acceptors (Lipinski definition) is 3. The highest BCUT2D eigenvalue weighted by molar-refractivity contribution is 5.92. The van der Waals surface area contributed by atoms with E-state index in [2.05, 4.69) is 4.90 Å². The Morgan fingerprint density at radius 3 is 2.62 bits per heavy atom. The number of likely N-dealkylation sites (tertiary alicyclic amines) is 1. The van der Waals surface area contributed by atoms with E-state index in [9.17, 15) is 13.6 Å². The normalized spacial score (nSPS) is 32.7. The van der Waals surface area contributed by atoms with Gasteiger partial charge in [0.05, 0.1) is 12.3 Å². The van der Waals surface area contributed by atoms with Gasteiger partial charge in [0.2, 0.25) is 0 Å². The van der Waals surface area contributed by atoms with E-state index in [-0.39, 0.29) is 23.9 Å². The summed E-state index contributed by atoms with van der Waals surface area (Å²) in [6.45, 7) is 2.31.